The predicted molar refractivity (Wildman–Crippen MR) is 87.9 cm³/mol. The highest BCUT2D eigenvalue weighted by atomic mass is 16.3. The van der Waals surface area contributed by atoms with Crippen LogP contribution in [-0.2, 0) is 0 Å². The monoisotopic (exact) mass is 294 g/mol. The van der Waals surface area contributed by atoms with E-state index in [-0.39, 0.29) is 12.0 Å². The van der Waals surface area contributed by atoms with Crippen LogP contribution in [0.25, 0.3) is 0 Å². The molecule has 0 spiro atoms. The van der Waals surface area contributed by atoms with Crippen molar-refractivity contribution < 1.29 is 10.2 Å². The highest BCUT2D eigenvalue weighted by Gasteiger charge is 2.51. The van der Waals surface area contributed by atoms with Gasteiger partial charge in [0.15, 0.2) is 0 Å². The molecule has 2 saturated carbocycles. The lowest BCUT2D eigenvalue weighted by Crippen LogP contribution is -2.41. The van der Waals surface area contributed by atoms with Crippen LogP contribution in [0.3, 0.4) is 0 Å². The Morgan fingerprint density at radius 1 is 1.14 bits per heavy atom. The van der Waals surface area contributed by atoms with Gasteiger partial charge in [-0.15, -0.1) is 0 Å². The second kappa shape index (κ2) is 6.04. The maximum absolute atomic E-state index is 10.3. The lowest BCUT2D eigenvalue weighted by molar-refractivity contribution is -0.0232. The minimum Gasteiger partial charge on any atom is -0.393 e. The van der Waals surface area contributed by atoms with E-state index < -0.39 is 5.60 Å². The van der Waals surface area contributed by atoms with E-state index >= 15 is 0 Å². The topological polar surface area (TPSA) is 40.5 Å². The van der Waals surface area contributed by atoms with Gasteiger partial charge in [0.1, 0.15) is 0 Å². The zero-order chi connectivity index (χ0) is 15.8. The number of hydrogen-bond acceptors (Lipinski definition) is 2. The third-order valence-corrected chi connectivity index (χ3v) is 6.61. The number of allylic oxidation sites excluding steroid dienone is 1. The van der Waals surface area contributed by atoms with Crippen molar-refractivity contribution in [3.63, 3.8) is 0 Å². The van der Waals surface area contributed by atoms with Gasteiger partial charge in [0.05, 0.1) is 11.7 Å². The molecule has 2 fully saturated rings. The van der Waals surface area contributed by atoms with Gasteiger partial charge in [-0.2, -0.15) is 0 Å². The molecule has 0 aromatic heterocycles. The molecule has 0 heterocycles. The molecule has 0 aromatic rings. The van der Waals surface area contributed by atoms with E-state index in [4.69, 9.17) is 0 Å². The fourth-order valence-corrected chi connectivity index (χ4v) is 4.76. The van der Waals surface area contributed by atoms with Gasteiger partial charge in [0, 0.05) is 5.92 Å². The van der Waals surface area contributed by atoms with Gasteiger partial charge < -0.3 is 10.2 Å². The van der Waals surface area contributed by atoms with Crippen LogP contribution in [0.1, 0.15) is 66.7 Å². The van der Waals surface area contributed by atoms with Crippen LogP contribution in [-0.4, -0.2) is 21.9 Å². The molecule has 2 nitrogen and oxygen atoms in total. The predicted octanol–water partition coefficient (Wildman–Crippen LogP) is 4.16. The molecule has 122 valence electrons. The second-order valence-corrected chi connectivity index (χ2v) is 8.44. The summed E-state index contributed by atoms with van der Waals surface area (Å²) in [5.74, 6) is 1.86. The Morgan fingerprint density at radius 3 is 2.43 bits per heavy atom. The van der Waals surface area contributed by atoms with E-state index in [0.29, 0.717) is 23.2 Å². The van der Waals surface area contributed by atoms with Crippen molar-refractivity contribution in [2.24, 2.45) is 29.1 Å². The fraction of sp³-hybridized carbons (Fsp3) is 0.895. The van der Waals surface area contributed by atoms with E-state index in [2.05, 4.69) is 32.9 Å². The number of aliphatic hydroxyl groups is 2. The van der Waals surface area contributed by atoms with Crippen molar-refractivity contribution in [2.75, 3.05) is 0 Å². The van der Waals surface area contributed by atoms with Gasteiger partial charge in [-0.05, 0) is 62.7 Å². The lowest BCUT2D eigenvalue weighted by atomic mass is 9.62. The molecule has 1 unspecified atom stereocenters. The molecule has 2 heteroatoms. The van der Waals surface area contributed by atoms with E-state index in [1.807, 2.05) is 13.8 Å². The van der Waals surface area contributed by atoms with E-state index in [1.54, 1.807) is 0 Å². The van der Waals surface area contributed by atoms with Crippen LogP contribution in [0.4, 0.5) is 0 Å². The zero-order valence-electron chi connectivity index (χ0n) is 14.5. The molecule has 2 aliphatic rings. The summed E-state index contributed by atoms with van der Waals surface area (Å²) >= 11 is 0. The molecule has 6 atom stereocenters. The molecule has 0 saturated heterocycles. The minimum absolute atomic E-state index is 0.0831. The van der Waals surface area contributed by atoms with Gasteiger partial charge in [-0.1, -0.05) is 39.3 Å². The quantitative estimate of drug-likeness (QED) is 0.764. The smallest absolute Gasteiger partial charge is 0.0651 e. The largest absolute Gasteiger partial charge is 0.393 e. The molecule has 0 bridgehead atoms. The molecule has 2 aliphatic carbocycles. The maximum Gasteiger partial charge on any atom is 0.0651 e. The van der Waals surface area contributed by atoms with Crippen molar-refractivity contribution in [3.05, 3.63) is 12.2 Å². The average molecular weight is 294 g/mol. The number of rotatable bonds is 4. The Kier molecular flexibility index (Phi) is 4.90. The Balaban J connectivity index is 2.06. The average Bonchev–Trinajstić information content (AvgIpc) is 2.73. The molecular formula is C19H34O2. The number of fused-ring (bicyclic) bond motifs is 1. The zero-order valence-corrected chi connectivity index (χ0v) is 14.5. The standard InChI is InChI=1S/C19H34O2/c1-13(8-9-14(2)18(3,4)21)15-10-11-16-17(20)7-6-12-19(15,16)5/h8-9,13-17,20-21H,6-7,10-12H2,1-5H3/b9-8-/t13-,14?,15-,16+,17+,19-/m1/s1. The van der Waals surface area contributed by atoms with Gasteiger partial charge in [-0.25, -0.2) is 0 Å². The third-order valence-electron chi connectivity index (χ3n) is 6.61. The Labute approximate surface area is 130 Å². The highest BCUT2D eigenvalue weighted by Crippen LogP contribution is 2.57. The van der Waals surface area contributed by atoms with Gasteiger partial charge >= 0.3 is 0 Å². The van der Waals surface area contributed by atoms with Crippen LogP contribution in [0.5, 0.6) is 0 Å². The van der Waals surface area contributed by atoms with Crippen molar-refractivity contribution in [2.45, 2.75) is 78.4 Å². The van der Waals surface area contributed by atoms with Gasteiger partial charge in [0.2, 0.25) is 0 Å². The van der Waals surface area contributed by atoms with Crippen LogP contribution >= 0.6 is 0 Å². The SMILES string of the molecule is CC(/C=C\[C@@H](C)[C@H]1CC[C@H]2[C@@H](O)CCC[C@]12C)C(C)(C)O. The molecule has 21 heavy (non-hydrogen) atoms. The van der Waals surface area contributed by atoms with Crippen molar-refractivity contribution in [1.82, 2.24) is 0 Å². The molecule has 2 N–H and O–H groups in total. The van der Waals surface area contributed by atoms with Crippen LogP contribution < -0.4 is 0 Å². The second-order valence-electron chi connectivity index (χ2n) is 8.44. The molecule has 0 radical (unpaired) electrons. The first-order valence-electron chi connectivity index (χ1n) is 8.75. The Morgan fingerprint density at radius 2 is 1.81 bits per heavy atom. The minimum atomic E-state index is -0.653. The summed E-state index contributed by atoms with van der Waals surface area (Å²) in [5, 5.41) is 20.4. The highest BCUT2D eigenvalue weighted by molar-refractivity contribution is 5.06. The summed E-state index contributed by atoms with van der Waals surface area (Å²) in [4.78, 5) is 0. The summed E-state index contributed by atoms with van der Waals surface area (Å²) in [6.07, 6.45) is 10.2. The van der Waals surface area contributed by atoms with Crippen LogP contribution in [0.15, 0.2) is 12.2 Å². The first-order valence-corrected chi connectivity index (χ1v) is 8.75. The normalized spacial score (nSPS) is 40.2. The fourth-order valence-electron chi connectivity index (χ4n) is 4.76. The van der Waals surface area contributed by atoms with Crippen molar-refractivity contribution >= 4 is 0 Å². The molecule has 0 amide bonds. The van der Waals surface area contributed by atoms with Gasteiger partial charge in [0.25, 0.3) is 0 Å². The van der Waals surface area contributed by atoms with Gasteiger partial charge in [-0.3, -0.25) is 0 Å². The molecule has 2 rings (SSSR count). The van der Waals surface area contributed by atoms with Crippen LogP contribution in [0, 0.1) is 29.1 Å². The summed E-state index contributed by atoms with van der Waals surface area (Å²) in [6.45, 7) is 10.5. The van der Waals surface area contributed by atoms with Crippen molar-refractivity contribution in [3.8, 4) is 0 Å². The van der Waals surface area contributed by atoms with E-state index in [0.717, 1.165) is 6.42 Å². The third kappa shape index (κ3) is 3.37. The summed E-state index contributed by atoms with van der Waals surface area (Å²) in [5.41, 5.74) is -0.348. The first-order chi connectivity index (χ1) is 9.66. The van der Waals surface area contributed by atoms with E-state index in [1.165, 1.54) is 25.7 Å². The summed E-state index contributed by atoms with van der Waals surface area (Å²) in [7, 11) is 0. The first kappa shape index (κ1) is 17.0. The number of hydrogen-bond donors (Lipinski definition) is 2. The summed E-state index contributed by atoms with van der Waals surface area (Å²) in [6, 6.07) is 0. The maximum atomic E-state index is 10.3. The lowest BCUT2D eigenvalue weighted by Gasteiger charge is -2.44. The molecular weight excluding hydrogens is 260 g/mol. The molecule has 0 aromatic carbocycles. The van der Waals surface area contributed by atoms with E-state index in [9.17, 15) is 10.2 Å². The Bertz CT molecular complexity index is 382. The molecule has 0 aliphatic heterocycles. The summed E-state index contributed by atoms with van der Waals surface area (Å²) < 4.78 is 0. The van der Waals surface area contributed by atoms with Crippen LogP contribution in [0.2, 0.25) is 0 Å². The number of aliphatic hydroxyl groups excluding tert-OH is 1. The Hall–Kier alpha value is -0.340. The van der Waals surface area contributed by atoms with Crippen molar-refractivity contribution in [1.29, 1.82) is 0 Å².